The smallest absolute Gasteiger partial charge is 0.311 e. The molecule has 1 aromatic heterocycles. The van der Waals surface area contributed by atoms with E-state index in [1.807, 2.05) is 13.8 Å². The molecule has 20 heavy (non-hydrogen) atoms. The minimum Gasteiger partial charge on any atom is -0.481 e. The van der Waals surface area contributed by atoms with Crippen LogP contribution in [0.2, 0.25) is 4.34 Å². The van der Waals surface area contributed by atoms with E-state index in [9.17, 15) is 18.3 Å². The lowest BCUT2D eigenvalue weighted by atomic mass is 9.77. The lowest BCUT2D eigenvalue weighted by Gasteiger charge is -2.28. The van der Waals surface area contributed by atoms with E-state index in [0.29, 0.717) is 10.8 Å². The standard InChI is InChI=1S/C12H16ClNO4S2/c1-8(2)12(11(15)16)5-6-14(7-12)20(17,18)10-4-3-9(13)19-10/h3-4,8H,5-7H2,1-2H3,(H,15,16). The van der Waals surface area contributed by atoms with Gasteiger partial charge in [0.2, 0.25) is 0 Å². The Hall–Kier alpha value is -0.630. The molecule has 0 aromatic carbocycles. The molecule has 1 aliphatic heterocycles. The molecule has 112 valence electrons. The number of rotatable bonds is 4. The average molecular weight is 338 g/mol. The van der Waals surface area contributed by atoms with Gasteiger partial charge in [0.1, 0.15) is 4.21 Å². The zero-order chi connectivity index (χ0) is 15.1. The Bertz CT molecular complexity index is 625. The highest BCUT2D eigenvalue weighted by atomic mass is 35.5. The third-order valence-electron chi connectivity index (χ3n) is 3.94. The summed E-state index contributed by atoms with van der Waals surface area (Å²) in [6.07, 6.45) is 0.332. The van der Waals surface area contributed by atoms with Crippen LogP contribution in [0.15, 0.2) is 16.3 Å². The highest BCUT2D eigenvalue weighted by Gasteiger charge is 2.50. The number of nitrogens with zero attached hydrogens (tertiary/aromatic N) is 1. The van der Waals surface area contributed by atoms with Crippen molar-refractivity contribution in [2.75, 3.05) is 13.1 Å². The van der Waals surface area contributed by atoms with Crippen LogP contribution in [0.1, 0.15) is 20.3 Å². The predicted octanol–water partition coefficient (Wildman–Crippen LogP) is 2.52. The molecule has 0 aliphatic carbocycles. The summed E-state index contributed by atoms with van der Waals surface area (Å²) < 4.78 is 26.7. The molecular weight excluding hydrogens is 322 g/mol. The molecule has 0 bridgehead atoms. The van der Waals surface area contributed by atoms with E-state index in [4.69, 9.17) is 11.6 Å². The van der Waals surface area contributed by atoms with Gasteiger partial charge in [-0.25, -0.2) is 8.42 Å². The third kappa shape index (κ3) is 2.47. The van der Waals surface area contributed by atoms with Crippen LogP contribution in [-0.2, 0) is 14.8 Å². The van der Waals surface area contributed by atoms with Gasteiger partial charge in [0, 0.05) is 13.1 Å². The number of sulfonamides is 1. The van der Waals surface area contributed by atoms with Crippen molar-refractivity contribution in [3.63, 3.8) is 0 Å². The monoisotopic (exact) mass is 337 g/mol. The normalized spacial score (nSPS) is 24.4. The van der Waals surface area contributed by atoms with Gasteiger partial charge in [0.15, 0.2) is 0 Å². The number of hydrogen-bond donors (Lipinski definition) is 1. The van der Waals surface area contributed by atoms with E-state index in [1.54, 1.807) is 0 Å². The van der Waals surface area contributed by atoms with E-state index in [-0.39, 0.29) is 23.2 Å². The van der Waals surface area contributed by atoms with Gasteiger partial charge < -0.3 is 5.11 Å². The largest absolute Gasteiger partial charge is 0.481 e. The SMILES string of the molecule is CC(C)C1(C(=O)O)CCN(S(=O)(=O)c2ccc(Cl)s2)C1. The first-order valence-corrected chi connectivity index (χ1v) is 8.82. The van der Waals surface area contributed by atoms with Crippen LogP contribution in [0.3, 0.4) is 0 Å². The fourth-order valence-corrected chi connectivity index (χ4v) is 5.61. The van der Waals surface area contributed by atoms with E-state index in [0.717, 1.165) is 11.3 Å². The Labute approximate surface area is 127 Å². The summed E-state index contributed by atoms with van der Waals surface area (Å²) in [7, 11) is -3.65. The van der Waals surface area contributed by atoms with Crippen LogP contribution >= 0.6 is 22.9 Å². The van der Waals surface area contributed by atoms with E-state index in [1.165, 1.54) is 16.4 Å². The van der Waals surface area contributed by atoms with Crippen molar-refractivity contribution in [3.05, 3.63) is 16.5 Å². The summed E-state index contributed by atoms with van der Waals surface area (Å²) >= 11 is 6.76. The molecule has 0 spiro atoms. The number of carboxylic acid groups (broad SMARTS) is 1. The minimum atomic E-state index is -3.65. The first-order valence-electron chi connectivity index (χ1n) is 6.19. The van der Waals surface area contributed by atoms with Gasteiger partial charge in [-0.05, 0) is 24.5 Å². The number of hydrogen-bond acceptors (Lipinski definition) is 4. The molecule has 1 N–H and O–H groups in total. The Kier molecular flexibility index (Phi) is 4.17. The van der Waals surface area contributed by atoms with Crippen molar-refractivity contribution in [1.82, 2.24) is 4.31 Å². The molecule has 1 aliphatic rings. The van der Waals surface area contributed by atoms with Gasteiger partial charge in [0.25, 0.3) is 10.0 Å². The molecular formula is C12H16ClNO4S2. The molecule has 1 aromatic rings. The number of halogens is 1. The molecule has 5 nitrogen and oxygen atoms in total. The Morgan fingerprint density at radius 2 is 2.15 bits per heavy atom. The van der Waals surface area contributed by atoms with Crippen LogP contribution in [0.5, 0.6) is 0 Å². The Morgan fingerprint density at radius 3 is 2.55 bits per heavy atom. The molecule has 8 heteroatoms. The van der Waals surface area contributed by atoms with Crippen molar-refractivity contribution in [1.29, 1.82) is 0 Å². The summed E-state index contributed by atoms with van der Waals surface area (Å²) in [5, 5.41) is 9.45. The molecule has 1 saturated heterocycles. The lowest BCUT2D eigenvalue weighted by molar-refractivity contribution is -0.150. The summed E-state index contributed by atoms with van der Waals surface area (Å²) in [6.45, 7) is 3.86. The fourth-order valence-electron chi connectivity index (χ4n) is 2.46. The van der Waals surface area contributed by atoms with E-state index >= 15 is 0 Å². The molecule has 2 heterocycles. The van der Waals surface area contributed by atoms with Crippen LogP contribution in [0.25, 0.3) is 0 Å². The van der Waals surface area contributed by atoms with Crippen molar-refractivity contribution in [2.24, 2.45) is 11.3 Å². The first kappa shape index (κ1) is 15.8. The topological polar surface area (TPSA) is 74.7 Å². The van der Waals surface area contributed by atoms with Crippen LogP contribution < -0.4 is 0 Å². The van der Waals surface area contributed by atoms with Crippen molar-refractivity contribution < 1.29 is 18.3 Å². The highest BCUT2D eigenvalue weighted by molar-refractivity contribution is 7.91. The molecule has 2 rings (SSSR count). The quantitative estimate of drug-likeness (QED) is 0.916. The number of carboxylic acids is 1. The second-order valence-electron chi connectivity index (χ2n) is 5.26. The summed E-state index contributed by atoms with van der Waals surface area (Å²) in [4.78, 5) is 11.5. The molecule has 0 radical (unpaired) electrons. The Morgan fingerprint density at radius 1 is 1.50 bits per heavy atom. The van der Waals surface area contributed by atoms with Crippen LogP contribution in [-0.4, -0.2) is 36.9 Å². The third-order valence-corrected chi connectivity index (χ3v) is 7.48. The highest BCUT2D eigenvalue weighted by Crippen LogP contribution is 2.41. The maximum atomic E-state index is 12.5. The van der Waals surface area contributed by atoms with Gasteiger partial charge in [-0.3, -0.25) is 4.79 Å². The fraction of sp³-hybridized carbons (Fsp3) is 0.583. The number of aliphatic carboxylic acids is 1. The van der Waals surface area contributed by atoms with Crippen molar-refractivity contribution in [3.8, 4) is 0 Å². The Balaban J connectivity index is 2.31. The molecule has 1 unspecified atom stereocenters. The van der Waals surface area contributed by atoms with Gasteiger partial charge >= 0.3 is 5.97 Å². The van der Waals surface area contributed by atoms with Gasteiger partial charge in [-0.2, -0.15) is 4.31 Å². The molecule has 0 amide bonds. The number of thiophene rings is 1. The predicted molar refractivity (Wildman–Crippen MR) is 77.6 cm³/mol. The van der Waals surface area contributed by atoms with Crippen molar-refractivity contribution in [2.45, 2.75) is 24.5 Å². The van der Waals surface area contributed by atoms with Gasteiger partial charge in [-0.1, -0.05) is 25.4 Å². The minimum absolute atomic E-state index is 0.0118. The second-order valence-corrected chi connectivity index (χ2v) is 9.14. The summed E-state index contributed by atoms with van der Waals surface area (Å²) in [5.41, 5.74) is -1.01. The van der Waals surface area contributed by atoms with Crippen LogP contribution in [0.4, 0.5) is 0 Å². The average Bonchev–Trinajstić information content (AvgIpc) is 2.95. The maximum Gasteiger partial charge on any atom is 0.311 e. The summed E-state index contributed by atoms with van der Waals surface area (Å²) in [5.74, 6) is -1.07. The molecule has 0 saturated carbocycles. The first-order chi connectivity index (χ1) is 9.20. The van der Waals surface area contributed by atoms with E-state index < -0.39 is 21.4 Å². The second kappa shape index (κ2) is 5.29. The molecule has 1 atom stereocenters. The van der Waals surface area contributed by atoms with Gasteiger partial charge in [0.05, 0.1) is 9.75 Å². The van der Waals surface area contributed by atoms with Gasteiger partial charge in [-0.15, -0.1) is 11.3 Å². The molecule has 1 fully saturated rings. The number of carbonyl (C=O) groups is 1. The summed E-state index contributed by atoms with van der Waals surface area (Å²) in [6, 6.07) is 2.99. The zero-order valence-corrected chi connectivity index (χ0v) is 13.6. The van der Waals surface area contributed by atoms with Crippen molar-refractivity contribution >= 4 is 38.9 Å². The zero-order valence-electron chi connectivity index (χ0n) is 11.2. The maximum absolute atomic E-state index is 12.5. The van der Waals surface area contributed by atoms with Crippen LogP contribution in [0, 0.1) is 11.3 Å². The van der Waals surface area contributed by atoms with E-state index in [2.05, 4.69) is 0 Å². The lowest BCUT2D eigenvalue weighted by Crippen LogP contribution is -2.40.